The van der Waals surface area contributed by atoms with E-state index in [9.17, 15) is 0 Å². The molecule has 21 heavy (non-hydrogen) atoms. The van der Waals surface area contributed by atoms with E-state index >= 15 is 0 Å². The molecule has 2 aromatic rings. The van der Waals surface area contributed by atoms with Crippen LogP contribution in [-0.2, 0) is 0 Å². The van der Waals surface area contributed by atoms with Crippen molar-refractivity contribution in [3.63, 3.8) is 0 Å². The van der Waals surface area contributed by atoms with Crippen LogP contribution in [0.15, 0.2) is 28.7 Å². The van der Waals surface area contributed by atoms with Gasteiger partial charge in [-0.05, 0) is 37.9 Å². The summed E-state index contributed by atoms with van der Waals surface area (Å²) in [6.07, 6.45) is 1.90. The Morgan fingerprint density at radius 2 is 2.19 bits per heavy atom. The van der Waals surface area contributed by atoms with E-state index < -0.39 is 0 Å². The van der Waals surface area contributed by atoms with E-state index in [2.05, 4.69) is 25.2 Å². The van der Waals surface area contributed by atoms with Gasteiger partial charge in [-0.1, -0.05) is 25.5 Å². The third kappa shape index (κ3) is 3.77. The Hall–Kier alpha value is -1.52. The maximum atomic E-state index is 9.04. The SMILES string of the molecule is CCC(CCO)CNC(C)c1cc2cccc(OC)c2o1. The molecule has 0 aliphatic rings. The van der Waals surface area contributed by atoms with Crippen molar-refractivity contribution in [2.24, 2.45) is 5.92 Å². The topological polar surface area (TPSA) is 54.6 Å². The maximum absolute atomic E-state index is 9.04. The van der Waals surface area contributed by atoms with Gasteiger partial charge in [-0.2, -0.15) is 0 Å². The molecule has 0 saturated carbocycles. The zero-order valence-corrected chi connectivity index (χ0v) is 13.1. The van der Waals surface area contributed by atoms with E-state index in [1.165, 1.54) is 0 Å². The number of ether oxygens (including phenoxy) is 1. The third-order valence-electron chi connectivity index (χ3n) is 4.00. The van der Waals surface area contributed by atoms with Gasteiger partial charge in [0.25, 0.3) is 0 Å². The summed E-state index contributed by atoms with van der Waals surface area (Å²) in [5.74, 6) is 2.17. The van der Waals surface area contributed by atoms with Crippen LogP contribution in [0.5, 0.6) is 5.75 Å². The number of hydrogen-bond donors (Lipinski definition) is 2. The van der Waals surface area contributed by atoms with Crippen molar-refractivity contribution in [2.45, 2.75) is 32.7 Å². The lowest BCUT2D eigenvalue weighted by molar-refractivity contribution is 0.248. The van der Waals surface area contributed by atoms with Crippen LogP contribution in [0.2, 0.25) is 0 Å². The van der Waals surface area contributed by atoms with Crippen molar-refractivity contribution < 1.29 is 14.3 Å². The van der Waals surface area contributed by atoms with E-state index in [1.807, 2.05) is 18.2 Å². The number of furan rings is 1. The number of fused-ring (bicyclic) bond motifs is 1. The first-order valence-electron chi connectivity index (χ1n) is 7.60. The fraction of sp³-hybridized carbons (Fsp3) is 0.529. The number of rotatable bonds is 8. The molecule has 0 spiro atoms. The molecule has 1 aromatic carbocycles. The summed E-state index contributed by atoms with van der Waals surface area (Å²) in [4.78, 5) is 0. The molecule has 0 amide bonds. The minimum atomic E-state index is 0.134. The molecule has 1 heterocycles. The predicted molar refractivity (Wildman–Crippen MR) is 84.7 cm³/mol. The first-order valence-corrected chi connectivity index (χ1v) is 7.60. The molecular weight excluding hydrogens is 266 g/mol. The minimum absolute atomic E-state index is 0.134. The molecule has 4 nitrogen and oxygen atoms in total. The summed E-state index contributed by atoms with van der Waals surface area (Å²) in [6.45, 7) is 5.37. The quantitative estimate of drug-likeness (QED) is 0.781. The Morgan fingerprint density at radius 1 is 1.38 bits per heavy atom. The lowest BCUT2D eigenvalue weighted by Crippen LogP contribution is -2.25. The highest BCUT2D eigenvalue weighted by Crippen LogP contribution is 2.30. The highest BCUT2D eigenvalue weighted by molar-refractivity contribution is 5.83. The van der Waals surface area contributed by atoms with Crippen LogP contribution in [0.1, 0.15) is 38.5 Å². The van der Waals surface area contributed by atoms with E-state index in [4.69, 9.17) is 14.3 Å². The van der Waals surface area contributed by atoms with Crippen LogP contribution in [0.4, 0.5) is 0 Å². The molecule has 0 fully saturated rings. The summed E-state index contributed by atoms with van der Waals surface area (Å²) in [6, 6.07) is 8.09. The Kier molecular flexibility index (Phi) is 5.65. The number of hydrogen-bond acceptors (Lipinski definition) is 4. The highest BCUT2D eigenvalue weighted by Gasteiger charge is 2.15. The zero-order chi connectivity index (χ0) is 15.2. The Balaban J connectivity index is 2.07. The lowest BCUT2D eigenvalue weighted by Gasteiger charge is -2.17. The molecule has 2 rings (SSSR count). The van der Waals surface area contributed by atoms with Crippen molar-refractivity contribution in [3.05, 3.63) is 30.0 Å². The third-order valence-corrected chi connectivity index (χ3v) is 4.00. The summed E-state index contributed by atoms with van der Waals surface area (Å²) in [5.41, 5.74) is 0.797. The predicted octanol–water partition coefficient (Wildman–Crippen LogP) is 3.50. The monoisotopic (exact) mass is 291 g/mol. The van der Waals surface area contributed by atoms with Crippen LogP contribution in [0, 0.1) is 5.92 Å². The first kappa shape index (κ1) is 15.9. The van der Waals surface area contributed by atoms with Gasteiger partial charge in [-0.3, -0.25) is 0 Å². The molecule has 0 aliphatic carbocycles. The summed E-state index contributed by atoms with van der Waals surface area (Å²) < 4.78 is 11.3. The molecule has 2 unspecified atom stereocenters. The van der Waals surface area contributed by atoms with Crippen molar-refractivity contribution >= 4 is 11.0 Å². The molecule has 0 bridgehead atoms. The van der Waals surface area contributed by atoms with Gasteiger partial charge in [-0.15, -0.1) is 0 Å². The Morgan fingerprint density at radius 3 is 2.86 bits per heavy atom. The van der Waals surface area contributed by atoms with Gasteiger partial charge in [0.15, 0.2) is 11.3 Å². The molecule has 116 valence electrons. The summed E-state index contributed by atoms with van der Waals surface area (Å²) in [7, 11) is 1.65. The first-order chi connectivity index (χ1) is 10.2. The van der Waals surface area contributed by atoms with Gasteiger partial charge in [-0.25, -0.2) is 0 Å². The van der Waals surface area contributed by atoms with Crippen LogP contribution in [0.3, 0.4) is 0 Å². The van der Waals surface area contributed by atoms with Crippen LogP contribution in [-0.4, -0.2) is 25.4 Å². The molecule has 0 aliphatic heterocycles. The molecule has 0 saturated heterocycles. The van der Waals surface area contributed by atoms with Crippen LogP contribution in [0.25, 0.3) is 11.0 Å². The van der Waals surface area contributed by atoms with Gasteiger partial charge in [0.1, 0.15) is 5.76 Å². The number of methoxy groups -OCH3 is 1. The van der Waals surface area contributed by atoms with Crippen molar-refractivity contribution in [1.82, 2.24) is 5.32 Å². The number of para-hydroxylation sites is 1. The Bertz CT molecular complexity index is 564. The fourth-order valence-corrected chi connectivity index (χ4v) is 2.51. The summed E-state index contributed by atoms with van der Waals surface area (Å²) in [5, 5.41) is 13.6. The standard InChI is InChI=1S/C17H25NO3/c1-4-13(8-9-19)11-18-12(2)16-10-14-6-5-7-15(20-3)17(14)21-16/h5-7,10,12-13,18-19H,4,8-9,11H2,1-3H3. The van der Waals surface area contributed by atoms with Crippen LogP contribution >= 0.6 is 0 Å². The van der Waals surface area contributed by atoms with Gasteiger partial charge < -0.3 is 19.6 Å². The number of aliphatic hydroxyl groups is 1. The van der Waals surface area contributed by atoms with E-state index in [1.54, 1.807) is 7.11 Å². The van der Waals surface area contributed by atoms with Gasteiger partial charge in [0.2, 0.25) is 0 Å². The molecule has 1 aromatic heterocycles. The molecule has 2 atom stereocenters. The van der Waals surface area contributed by atoms with Crippen LogP contribution < -0.4 is 10.1 Å². The second kappa shape index (κ2) is 7.48. The second-order valence-electron chi connectivity index (χ2n) is 5.44. The number of benzene rings is 1. The van der Waals surface area contributed by atoms with E-state index in [0.29, 0.717) is 5.92 Å². The molecule has 0 radical (unpaired) electrons. The average molecular weight is 291 g/mol. The minimum Gasteiger partial charge on any atom is -0.493 e. The van der Waals surface area contributed by atoms with Gasteiger partial charge in [0.05, 0.1) is 13.2 Å². The van der Waals surface area contributed by atoms with Gasteiger partial charge >= 0.3 is 0 Å². The molecular formula is C17H25NO3. The largest absolute Gasteiger partial charge is 0.493 e. The number of aliphatic hydroxyl groups excluding tert-OH is 1. The molecule has 2 N–H and O–H groups in total. The molecule has 4 heteroatoms. The normalized spacial score (nSPS) is 14.3. The smallest absolute Gasteiger partial charge is 0.176 e. The Labute approximate surface area is 126 Å². The van der Waals surface area contributed by atoms with Gasteiger partial charge in [0, 0.05) is 12.0 Å². The highest BCUT2D eigenvalue weighted by atomic mass is 16.5. The fourth-order valence-electron chi connectivity index (χ4n) is 2.51. The second-order valence-corrected chi connectivity index (χ2v) is 5.44. The van der Waals surface area contributed by atoms with E-state index in [-0.39, 0.29) is 12.6 Å². The zero-order valence-electron chi connectivity index (χ0n) is 13.1. The average Bonchev–Trinajstić information content (AvgIpc) is 2.95. The van der Waals surface area contributed by atoms with Crippen molar-refractivity contribution in [2.75, 3.05) is 20.3 Å². The maximum Gasteiger partial charge on any atom is 0.176 e. The number of nitrogens with one attached hydrogen (secondary N) is 1. The van der Waals surface area contributed by atoms with Crippen molar-refractivity contribution in [3.8, 4) is 5.75 Å². The lowest BCUT2D eigenvalue weighted by atomic mass is 10.0. The van der Waals surface area contributed by atoms with Crippen molar-refractivity contribution in [1.29, 1.82) is 0 Å². The summed E-state index contributed by atoms with van der Waals surface area (Å²) >= 11 is 0. The van der Waals surface area contributed by atoms with E-state index in [0.717, 1.165) is 41.9 Å².